The molecule has 0 radical (unpaired) electrons. The van der Waals surface area contributed by atoms with Gasteiger partial charge in [0.15, 0.2) is 6.10 Å². The number of esters is 2. The van der Waals surface area contributed by atoms with Crippen molar-refractivity contribution < 1.29 is 47.5 Å². The van der Waals surface area contributed by atoms with Crippen LogP contribution in [-0.4, -0.2) is 56.3 Å². The average molecular weight is 804 g/mol. The first-order valence-corrected chi connectivity index (χ1v) is 20.8. The largest absolute Gasteiger partial charge is 1.00 e. The lowest BCUT2D eigenvalue weighted by Gasteiger charge is -2.31. The zero-order valence-electron chi connectivity index (χ0n) is 33.3. The van der Waals surface area contributed by atoms with Crippen LogP contribution >= 0.6 is 0 Å². The van der Waals surface area contributed by atoms with Gasteiger partial charge < -0.3 is 37.9 Å². The summed E-state index contributed by atoms with van der Waals surface area (Å²) in [4.78, 5) is 25.1. The summed E-state index contributed by atoms with van der Waals surface area (Å²) >= 11 is 0. The van der Waals surface area contributed by atoms with Crippen molar-refractivity contribution in [3.63, 3.8) is 0 Å². The molecule has 0 heterocycles. The van der Waals surface area contributed by atoms with Crippen molar-refractivity contribution in [3.8, 4) is 0 Å². The van der Waals surface area contributed by atoms with E-state index in [1.807, 2.05) is 0 Å². The number of unbranched alkanes of at least 4 members (excludes halogenated alkanes) is 22. The van der Waals surface area contributed by atoms with E-state index in [2.05, 4.69) is 59.2 Å². The van der Waals surface area contributed by atoms with E-state index >= 15 is 0 Å². The molecule has 0 aliphatic heterocycles. The van der Waals surface area contributed by atoms with Gasteiger partial charge in [0.2, 0.25) is 0 Å². The summed E-state index contributed by atoms with van der Waals surface area (Å²) in [6.07, 6.45) is 42.1. The van der Waals surface area contributed by atoms with E-state index in [-0.39, 0.29) is 42.5 Å². The van der Waals surface area contributed by atoms with Crippen molar-refractivity contribution in [1.29, 1.82) is 0 Å². The first-order valence-electron chi connectivity index (χ1n) is 20.8. The predicted molar refractivity (Wildman–Crippen MR) is 207 cm³/mol. The topological polar surface area (TPSA) is 52.6 Å². The lowest BCUT2D eigenvalue weighted by atomic mass is 10.1. The molecule has 5 nitrogen and oxygen atoms in total. The first kappa shape index (κ1) is 50.2. The van der Waals surface area contributed by atoms with Gasteiger partial charge >= 0.3 is 11.9 Å². The second-order valence-electron chi connectivity index (χ2n) is 14.9. The number of quaternary nitrogens is 1. The number of nitrogens with zero attached hydrogens (tertiary/aromatic N) is 1. The molecule has 0 rings (SSSR count). The van der Waals surface area contributed by atoms with Crippen LogP contribution in [0.4, 0.5) is 0 Å². The Morgan fingerprint density at radius 1 is 0.510 bits per heavy atom. The molecule has 0 aliphatic rings. The second-order valence-corrected chi connectivity index (χ2v) is 14.9. The highest BCUT2D eigenvalue weighted by atomic mass is 127. The number of hydrogen-bond donors (Lipinski definition) is 0. The molecule has 49 heavy (non-hydrogen) atoms. The van der Waals surface area contributed by atoms with E-state index in [0.29, 0.717) is 19.4 Å². The number of carbonyl (C=O) groups is 2. The predicted octanol–water partition coefficient (Wildman–Crippen LogP) is 9.62. The average Bonchev–Trinajstić information content (AvgIpc) is 3.07. The molecule has 0 spiro atoms. The zero-order chi connectivity index (χ0) is 35.4. The van der Waals surface area contributed by atoms with Crippen LogP contribution in [0.5, 0.6) is 0 Å². The fourth-order valence-electron chi connectivity index (χ4n) is 5.99. The summed E-state index contributed by atoms with van der Waals surface area (Å²) in [7, 11) is 4.25. The Morgan fingerprint density at radius 2 is 0.857 bits per heavy atom. The number of allylic oxidation sites excluding steroid dienone is 4. The molecular formula is C43H82INO4. The maximum absolute atomic E-state index is 12.7. The number of halogens is 1. The van der Waals surface area contributed by atoms with Crippen LogP contribution in [0.3, 0.4) is 0 Å². The van der Waals surface area contributed by atoms with E-state index in [0.717, 1.165) is 49.6 Å². The van der Waals surface area contributed by atoms with Crippen molar-refractivity contribution in [2.75, 3.05) is 33.8 Å². The molecule has 0 saturated carbocycles. The SMILES string of the molecule is CCCCCCCC/C=C/CCCCCCCC(=O)OCC(C[N+](C)(C)CC)OC(=O)CCCCCCC/C=C/CCCCCCCC.[I-]. The number of likely N-dealkylation sites (N-methyl/N-ethyl adjacent to an activating group) is 1. The Labute approximate surface area is 322 Å². The highest BCUT2D eigenvalue weighted by molar-refractivity contribution is 5.70. The van der Waals surface area contributed by atoms with Gasteiger partial charge in [-0.25, -0.2) is 0 Å². The first-order chi connectivity index (χ1) is 23.3. The fraction of sp³-hybridized carbons (Fsp3) is 0.860. The van der Waals surface area contributed by atoms with Crippen LogP contribution in [0.15, 0.2) is 24.3 Å². The summed E-state index contributed by atoms with van der Waals surface area (Å²) in [6, 6.07) is 0. The van der Waals surface area contributed by atoms with Crippen LogP contribution < -0.4 is 24.0 Å². The molecular weight excluding hydrogens is 721 g/mol. The quantitative estimate of drug-likeness (QED) is 0.0208. The van der Waals surface area contributed by atoms with Gasteiger partial charge in [-0.05, 0) is 71.1 Å². The van der Waals surface area contributed by atoms with Crippen molar-refractivity contribution in [1.82, 2.24) is 0 Å². The van der Waals surface area contributed by atoms with Gasteiger partial charge in [0.05, 0.1) is 20.6 Å². The molecule has 0 saturated heterocycles. The molecule has 290 valence electrons. The van der Waals surface area contributed by atoms with Gasteiger partial charge in [0, 0.05) is 12.8 Å². The maximum atomic E-state index is 12.7. The molecule has 1 atom stereocenters. The summed E-state index contributed by atoms with van der Waals surface area (Å²) < 4.78 is 12.2. The minimum atomic E-state index is -0.395. The Kier molecular flexibility index (Phi) is 39.3. The van der Waals surface area contributed by atoms with Crippen molar-refractivity contribution in [2.45, 2.75) is 207 Å². The Hall–Kier alpha value is -0.890. The van der Waals surface area contributed by atoms with E-state index in [1.54, 1.807) is 0 Å². The Morgan fingerprint density at radius 3 is 1.24 bits per heavy atom. The minimum absolute atomic E-state index is 0. The molecule has 0 aromatic rings. The lowest BCUT2D eigenvalue weighted by molar-refractivity contribution is -0.891. The molecule has 0 aromatic heterocycles. The van der Waals surface area contributed by atoms with Crippen molar-refractivity contribution in [3.05, 3.63) is 24.3 Å². The molecule has 1 unspecified atom stereocenters. The second kappa shape index (κ2) is 38.3. The summed E-state index contributed by atoms with van der Waals surface area (Å²) in [6.45, 7) is 8.39. The molecule has 0 aromatic carbocycles. The smallest absolute Gasteiger partial charge is 0.306 e. The van der Waals surface area contributed by atoms with E-state index in [1.165, 1.54) is 128 Å². The monoisotopic (exact) mass is 804 g/mol. The number of ether oxygens (including phenoxy) is 2. The minimum Gasteiger partial charge on any atom is -1.00 e. The highest BCUT2D eigenvalue weighted by Crippen LogP contribution is 2.14. The third-order valence-electron chi connectivity index (χ3n) is 9.57. The molecule has 0 N–H and O–H groups in total. The number of carbonyl (C=O) groups excluding carboxylic acids is 2. The Bertz CT molecular complexity index is 782. The van der Waals surface area contributed by atoms with Gasteiger partial charge in [0.25, 0.3) is 0 Å². The third kappa shape index (κ3) is 38.2. The van der Waals surface area contributed by atoms with Crippen molar-refractivity contribution >= 4 is 11.9 Å². The standard InChI is InChI=1S/C43H82NO4.HI/c1-6-9-11-13-15-17-19-21-23-25-27-29-31-33-35-37-42(45)47-40-41(39-44(4,5)8-3)48-43(46)38-36-34-32-30-28-26-24-22-20-18-16-14-12-10-7-2;/h21-24,41H,6-20,25-40H2,1-5H3;1H/q+1;/p-1/b23-21+,24-22+;. The van der Waals surface area contributed by atoms with Gasteiger partial charge in [0.1, 0.15) is 13.2 Å². The van der Waals surface area contributed by atoms with Crippen LogP contribution in [0.2, 0.25) is 0 Å². The number of hydrogen-bond acceptors (Lipinski definition) is 4. The van der Waals surface area contributed by atoms with E-state index in [9.17, 15) is 9.59 Å². The highest BCUT2D eigenvalue weighted by Gasteiger charge is 2.25. The summed E-state index contributed by atoms with van der Waals surface area (Å²) in [5.41, 5.74) is 0. The third-order valence-corrected chi connectivity index (χ3v) is 9.57. The van der Waals surface area contributed by atoms with Gasteiger partial charge in [-0.1, -0.05) is 141 Å². The lowest BCUT2D eigenvalue weighted by Crippen LogP contribution is -3.00. The van der Waals surface area contributed by atoms with Gasteiger partial charge in [-0.3, -0.25) is 9.59 Å². The Balaban J connectivity index is 0. The fourth-order valence-corrected chi connectivity index (χ4v) is 5.99. The molecule has 0 fully saturated rings. The van der Waals surface area contributed by atoms with E-state index in [4.69, 9.17) is 9.47 Å². The normalized spacial score (nSPS) is 12.4. The van der Waals surface area contributed by atoms with Gasteiger partial charge in [-0.15, -0.1) is 0 Å². The molecule has 6 heteroatoms. The van der Waals surface area contributed by atoms with Crippen LogP contribution in [-0.2, 0) is 19.1 Å². The molecule has 0 amide bonds. The summed E-state index contributed by atoms with van der Waals surface area (Å²) in [5, 5.41) is 0. The molecule has 0 bridgehead atoms. The van der Waals surface area contributed by atoms with E-state index < -0.39 is 6.10 Å². The zero-order valence-corrected chi connectivity index (χ0v) is 35.4. The summed E-state index contributed by atoms with van der Waals surface area (Å²) in [5.74, 6) is -0.338. The molecule has 0 aliphatic carbocycles. The van der Waals surface area contributed by atoms with Crippen LogP contribution in [0, 0.1) is 0 Å². The van der Waals surface area contributed by atoms with Crippen LogP contribution in [0.25, 0.3) is 0 Å². The van der Waals surface area contributed by atoms with Crippen molar-refractivity contribution in [2.24, 2.45) is 0 Å². The number of rotatable bonds is 36. The van der Waals surface area contributed by atoms with Gasteiger partial charge in [-0.2, -0.15) is 0 Å². The maximum Gasteiger partial charge on any atom is 0.306 e. The van der Waals surface area contributed by atoms with Crippen LogP contribution in [0.1, 0.15) is 201 Å².